The Labute approximate surface area is 134 Å². The van der Waals surface area contributed by atoms with Crippen LogP contribution in [0.3, 0.4) is 0 Å². The van der Waals surface area contributed by atoms with Crippen LogP contribution in [0.2, 0.25) is 0 Å². The maximum Gasteiger partial charge on any atom is 0.130 e. The molecule has 2 aromatic rings. The molecule has 0 aromatic carbocycles. The highest BCUT2D eigenvalue weighted by atomic mass is 79.9. The zero-order valence-corrected chi connectivity index (χ0v) is 14.0. The summed E-state index contributed by atoms with van der Waals surface area (Å²) >= 11 is 6.73. The SMILES string of the molecule is N#Cc1sc(NCCc2ccc(Br)s2)c(C2CC2)c1N. The van der Waals surface area contributed by atoms with Crippen LogP contribution in [-0.2, 0) is 6.42 Å². The van der Waals surface area contributed by atoms with Gasteiger partial charge in [-0.1, -0.05) is 0 Å². The number of nitrogens with two attached hydrogens (primary N) is 1. The molecule has 1 aliphatic carbocycles. The van der Waals surface area contributed by atoms with Crippen LogP contribution in [0.15, 0.2) is 15.9 Å². The van der Waals surface area contributed by atoms with Gasteiger partial charge in [-0.25, -0.2) is 0 Å². The monoisotopic (exact) mass is 367 g/mol. The highest BCUT2D eigenvalue weighted by Gasteiger charge is 2.31. The quantitative estimate of drug-likeness (QED) is 0.813. The van der Waals surface area contributed by atoms with Gasteiger partial charge in [-0.3, -0.25) is 0 Å². The van der Waals surface area contributed by atoms with E-state index in [1.165, 1.54) is 38.4 Å². The summed E-state index contributed by atoms with van der Waals surface area (Å²) in [5.74, 6) is 0.562. The van der Waals surface area contributed by atoms with Gasteiger partial charge in [-0.2, -0.15) is 5.26 Å². The van der Waals surface area contributed by atoms with Crippen molar-refractivity contribution in [2.24, 2.45) is 0 Å². The van der Waals surface area contributed by atoms with Gasteiger partial charge in [0.25, 0.3) is 0 Å². The van der Waals surface area contributed by atoms with Crippen LogP contribution in [0.5, 0.6) is 0 Å². The Hall–Kier alpha value is -1.03. The Morgan fingerprint density at radius 1 is 1.40 bits per heavy atom. The zero-order valence-electron chi connectivity index (χ0n) is 10.8. The number of anilines is 2. The number of nitriles is 1. The van der Waals surface area contributed by atoms with Crippen molar-refractivity contribution in [3.63, 3.8) is 0 Å². The first-order valence-electron chi connectivity index (χ1n) is 6.49. The summed E-state index contributed by atoms with van der Waals surface area (Å²) in [6.45, 7) is 0.873. The van der Waals surface area contributed by atoms with Crippen molar-refractivity contribution >= 4 is 49.3 Å². The van der Waals surface area contributed by atoms with E-state index in [0.717, 1.165) is 18.0 Å². The number of nitrogen functional groups attached to an aromatic ring is 1. The van der Waals surface area contributed by atoms with Crippen LogP contribution in [0.4, 0.5) is 10.7 Å². The van der Waals surface area contributed by atoms with Crippen molar-refractivity contribution in [2.75, 3.05) is 17.6 Å². The molecule has 0 atom stereocenters. The Balaban J connectivity index is 1.69. The topological polar surface area (TPSA) is 61.8 Å². The van der Waals surface area contributed by atoms with E-state index < -0.39 is 0 Å². The summed E-state index contributed by atoms with van der Waals surface area (Å²) in [4.78, 5) is 2.00. The van der Waals surface area contributed by atoms with Crippen LogP contribution in [0.1, 0.15) is 34.1 Å². The van der Waals surface area contributed by atoms with Crippen molar-refractivity contribution < 1.29 is 0 Å². The van der Waals surface area contributed by atoms with Gasteiger partial charge in [0, 0.05) is 17.0 Å². The number of thiophene rings is 2. The standard InChI is InChI=1S/C14H14BrN3S2/c15-11-4-3-9(19-11)5-6-18-14-12(8-1-2-8)13(17)10(7-16)20-14/h3-4,8,18H,1-2,5-6,17H2. The summed E-state index contributed by atoms with van der Waals surface area (Å²) in [6.07, 6.45) is 3.37. The highest BCUT2D eigenvalue weighted by molar-refractivity contribution is 9.11. The van der Waals surface area contributed by atoms with Crippen molar-refractivity contribution in [1.82, 2.24) is 0 Å². The minimum Gasteiger partial charge on any atom is -0.397 e. The van der Waals surface area contributed by atoms with Crippen molar-refractivity contribution in [2.45, 2.75) is 25.2 Å². The molecule has 0 saturated heterocycles. The van der Waals surface area contributed by atoms with E-state index in [4.69, 9.17) is 11.0 Å². The fourth-order valence-electron chi connectivity index (χ4n) is 2.23. The predicted molar refractivity (Wildman–Crippen MR) is 89.6 cm³/mol. The van der Waals surface area contributed by atoms with E-state index in [1.807, 2.05) is 0 Å². The van der Waals surface area contributed by atoms with E-state index >= 15 is 0 Å². The lowest BCUT2D eigenvalue weighted by molar-refractivity contribution is 1.04. The summed E-state index contributed by atoms with van der Waals surface area (Å²) in [6, 6.07) is 6.42. The average molecular weight is 368 g/mol. The second-order valence-electron chi connectivity index (χ2n) is 4.86. The van der Waals surface area contributed by atoms with Crippen LogP contribution < -0.4 is 11.1 Å². The van der Waals surface area contributed by atoms with Gasteiger partial charge >= 0.3 is 0 Å². The molecule has 0 amide bonds. The summed E-state index contributed by atoms with van der Waals surface area (Å²) in [5, 5.41) is 13.7. The molecule has 2 heterocycles. The summed E-state index contributed by atoms with van der Waals surface area (Å²) < 4.78 is 1.17. The number of nitrogens with zero attached hydrogens (tertiary/aromatic N) is 1. The number of halogens is 1. The highest BCUT2D eigenvalue weighted by Crippen LogP contribution is 2.50. The molecule has 20 heavy (non-hydrogen) atoms. The molecule has 6 heteroatoms. The third-order valence-corrected chi connectivity index (χ3v) is 6.12. The number of rotatable bonds is 5. The number of hydrogen-bond acceptors (Lipinski definition) is 5. The van der Waals surface area contributed by atoms with E-state index in [9.17, 15) is 0 Å². The predicted octanol–water partition coefficient (Wildman–Crippen LogP) is 4.56. The Morgan fingerprint density at radius 3 is 2.80 bits per heavy atom. The lowest BCUT2D eigenvalue weighted by Crippen LogP contribution is -2.04. The van der Waals surface area contributed by atoms with Crippen LogP contribution in [0.25, 0.3) is 0 Å². The van der Waals surface area contributed by atoms with Gasteiger partial charge in [-0.15, -0.1) is 22.7 Å². The van der Waals surface area contributed by atoms with Crippen LogP contribution in [-0.4, -0.2) is 6.54 Å². The van der Waals surface area contributed by atoms with Crippen molar-refractivity contribution in [3.8, 4) is 6.07 Å². The van der Waals surface area contributed by atoms with Crippen molar-refractivity contribution in [1.29, 1.82) is 5.26 Å². The van der Waals surface area contributed by atoms with Gasteiger partial charge in [-0.05, 0) is 53.2 Å². The normalized spacial score (nSPS) is 14.2. The summed E-state index contributed by atoms with van der Waals surface area (Å²) in [5.41, 5.74) is 7.96. The van der Waals surface area contributed by atoms with Crippen LogP contribution >= 0.6 is 38.6 Å². The summed E-state index contributed by atoms with van der Waals surface area (Å²) in [7, 11) is 0. The van der Waals surface area contributed by atoms with Crippen molar-refractivity contribution in [3.05, 3.63) is 31.2 Å². The molecule has 1 fully saturated rings. The maximum absolute atomic E-state index is 9.11. The Morgan fingerprint density at radius 2 is 2.20 bits per heavy atom. The minimum absolute atomic E-state index is 0.562. The smallest absolute Gasteiger partial charge is 0.130 e. The van der Waals surface area contributed by atoms with Gasteiger partial charge in [0.1, 0.15) is 10.9 Å². The fraction of sp³-hybridized carbons (Fsp3) is 0.357. The van der Waals surface area contributed by atoms with E-state index in [2.05, 4.69) is 39.4 Å². The Kier molecular flexibility index (Phi) is 4.01. The lowest BCUT2D eigenvalue weighted by atomic mass is 10.1. The van der Waals surface area contributed by atoms with Gasteiger partial charge in [0.15, 0.2) is 0 Å². The zero-order chi connectivity index (χ0) is 14.1. The molecule has 3 rings (SSSR count). The molecule has 0 spiro atoms. The largest absolute Gasteiger partial charge is 0.397 e. The number of hydrogen-bond donors (Lipinski definition) is 2. The molecule has 2 aromatic heterocycles. The molecule has 0 unspecified atom stereocenters. The third kappa shape index (κ3) is 2.85. The maximum atomic E-state index is 9.11. The fourth-order valence-corrected chi connectivity index (χ4v) is 4.75. The number of nitrogens with one attached hydrogen (secondary N) is 1. The molecule has 0 bridgehead atoms. The Bertz CT molecular complexity index is 665. The van der Waals surface area contributed by atoms with Gasteiger partial charge < -0.3 is 11.1 Å². The average Bonchev–Trinajstić information content (AvgIpc) is 3.10. The molecule has 3 N–H and O–H groups in total. The lowest BCUT2D eigenvalue weighted by Gasteiger charge is -2.06. The molecule has 0 radical (unpaired) electrons. The second-order valence-corrected chi connectivity index (χ2v) is 8.42. The first-order chi connectivity index (χ1) is 9.69. The van der Waals surface area contributed by atoms with E-state index in [-0.39, 0.29) is 0 Å². The second kappa shape index (κ2) is 5.76. The molecule has 0 aliphatic heterocycles. The van der Waals surface area contributed by atoms with Gasteiger partial charge in [0.2, 0.25) is 0 Å². The first kappa shape index (κ1) is 13.9. The molecule has 1 saturated carbocycles. The van der Waals surface area contributed by atoms with E-state index in [0.29, 0.717) is 16.5 Å². The molecular formula is C14H14BrN3S2. The van der Waals surface area contributed by atoms with Gasteiger partial charge in [0.05, 0.1) is 14.5 Å². The molecule has 104 valence electrons. The third-order valence-electron chi connectivity index (χ3n) is 3.36. The molecular weight excluding hydrogens is 354 g/mol. The minimum atomic E-state index is 0.562. The first-order valence-corrected chi connectivity index (χ1v) is 8.92. The molecule has 1 aliphatic rings. The molecule has 3 nitrogen and oxygen atoms in total. The van der Waals surface area contributed by atoms with Crippen LogP contribution in [0, 0.1) is 11.3 Å². The van der Waals surface area contributed by atoms with E-state index in [1.54, 1.807) is 11.3 Å².